The molecule has 1 aromatic rings. The van der Waals surface area contributed by atoms with E-state index in [1.165, 1.54) is 0 Å². The minimum Gasteiger partial charge on any atom is -0.372 e. The highest BCUT2D eigenvalue weighted by Crippen LogP contribution is 2.32. The molecule has 0 amide bonds. The summed E-state index contributed by atoms with van der Waals surface area (Å²) in [5.74, 6) is 0. The zero-order valence-corrected chi connectivity index (χ0v) is 14.8. The quantitative estimate of drug-likeness (QED) is 0.617. The predicted molar refractivity (Wildman–Crippen MR) is 86.0 cm³/mol. The fraction of sp³-hybridized carbons (Fsp3) is 0.625. The van der Waals surface area contributed by atoms with Crippen molar-refractivity contribution in [2.24, 2.45) is 0 Å². The lowest BCUT2D eigenvalue weighted by atomic mass is 10.2. The van der Waals surface area contributed by atoms with Crippen molar-refractivity contribution >= 4 is 8.80 Å². The van der Waals surface area contributed by atoms with Crippen molar-refractivity contribution in [1.82, 2.24) is 0 Å². The number of rotatable bonds is 10. The first-order valence-corrected chi connectivity index (χ1v) is 9.52. The summed E-state index contributed by atoms with van der Waals surface area (Å²) in [6.07, 6.45) is 0.0587. The van der Waals surface area contributed by atoms with Crippen LogP contribution in [0.1, 0.15) is 45.9 Å². The first-order valence-electron chi connectivity index (χ1n) is 7.71. The summed E-state index contributed by atoms with van der Waals surface area (Å²) < 4.78 is 24.1. The Kier molecular flexibility index (Phi) is 8.14. The number of ether oxygens (including phenoxy) is 1. The number of hydrogen-bond donors (Lipinski definition) is 0. The van der Waals surface area contributed by atoms with Crippen LogP contribution in [0.5, 0.6) is 0 Å². The van der Waals surface area contributed by atoms with Crippen LogP contribution >= 0.6 is 0 Å². The van der Waals surface area contributed by atoms with Gasteiger partial charge < -0.3 is 18.0 Å². The molecule has 0 fully saturated rings. The molecule has 21 heavy (non-hydrogen) atoms. The van der Waals surface area contributed by atoms with Crippen molar-refractivity contribution < 1.29 is 18.0 Å². The Labute approximate surface area is 129 Å². The summed E-state index contributed by atoms with van der Waals surface area (Å²) in [7, 11) is -2.95. The van der Waals surface area contributed by atoms with Gasteiger partial charge in [-0.1, -0.05) is 30.3 Å². The van der Waals surface area contributed by atoms with Crippen LogP contribution in [0.15, 0.2) is 30.3 Å². The smallest absolute Gasteiger partial charge is 0.372 e. The molecule has 0 bridgehead atoms. The van der Waals surface area contributed by atoms with Crippen LogP contribution in [-0.4, -0.2) is 34.7 Å². The van der Waals surface area contributed by atoms with Crippen LogP contribution < -0.4 is 0 Å². The van der Waals surface area contributed by atoms with E-state index in [0.29, 0.717) is 19.8 Å². The Bertz CT molecular complexity index is 366. The van der Waals surface area contributed by atoms with Crippen LogP contribution in [0, 0.1) is 0 Å². The molecule has 0 aromatic heterocycles. The molecule has 1 rings (SSSR count). The topological polar surface area (TPSA) is 36.9 Å². The van der Waals surface area contributed by atoms with Crippen LogP contribution in [0.2, 0.25) is 0 Å². The summed E-state index contributed by atoms with van der Waals surface area (Å²) in [4.78, 5) is 0. The van der Waals surface area contributed by atoms with Gasteiger partial charge in [0, 0.05) is 19.8 Å². The Hall–Kier alpha value is -0.723. The van der Waals surface area contributed by atoms with Gasteiger partial charge >= 0.3 is 8.80 Å². The van der Waals surface area contributed by atoms with E-state index < -0.39 is 8.80 Å². The van der Waals surface area contributed by atoms with Gasteiger partial charge in [0.25, 0.3) is 0 Å². The van der Waals surface area contributed by atoms with E-state index in [4.69, 9.17) is 18.0 Å². The van der Waals surface area contributed by atoms with Crippen molar-refractivity contribution in [2.45, 2.75) is 46.4 Å². The third-order valence-corrected chi connectivity index (χ3v) is 6.05. The Morgan fingerprint density at radius 1 is 0.857 bits per heavy atom. The van der Waals surface area contributed by atoms with Gasteiger partial charge in [0.2, 0.25) is 0 Å². The summed E-state index contributed by atoms with van der Waals surface area (Å²) in [5.41, 5.74) is 0.728. The lowest BCUT2D eigenvalue weighted by molar-refractivity contribution is -0.0328. The molecule has 0 saturated carbocycles. The van der Waals surface area contributed by atoms with E-state index in [-0.39, 0.29) is 11.8 Å². The largest absolute Gasteiger partial charge is 0.536 e. The second-order valence-corrected chi connectivity index (χ2v) is 7.48. The monoisotopic (exact) mass is 312 g/mol. The predicted octanol–water partition coefficient (Wildman–Crippen LogP) is 3.74. The second-order valence-electron chi connectivity index (χ2n) is 4.88. The van der Waals surface area contributed by atoms with Crippen LogP contribution in [0.4, 0.5) is 0 Å². The molecular formula is C16H28O4Si. The highest BCUT2D eigenvalue weighted by molar-refractivity contribution is 6.62. The van der Waals surface area contributed by atoms with Gasteiger partial charge in [-0.15, -0.1) is 0 Å². The van der Waals surface area contributed by atoms with Crippen molar-refractivity contribution in [3.05, 3.63) is 35.9 Å². The molecule has 4 nitrogen and oxygen atoms in total. The zero-order valence-electron chi connectivity index (χ0n) is 13.8. The van der Waals surface area contributed by atoms with E-state index in [1.807, 2.05) is 65.0 Å². The standard InChI is InChI=1S/C16H28O4Si/c1-6-17-21(18-7-2,19-8-3)16(20-14(4)5)15-12-10-9-11-13-15/h9-14,16H,6-8H2,1-5H3. The van der Waals surface area contributed by atoms with Gasteiger partial charge in [0.15, 0.2) is 5.73 Å². The zero-order chi connectivity index (χ0) is 15.7. The maximum atomic E-state index is 6.15. The number of hydrogen-bond acceptors (Lipinski definition) is 4. The highest BCUT2D eigenvalue weighted by atomic mass is 28.4. The average Bonchev–Trinajstić information content (AvgIpc) is 2.46. The molecule has 120 valence electrons. The minimum atomic E-state index is -2.95. The average molecular weight is 312 g/mol. The van der Waals surface area contributed by atoms with Gasteiger partial charge in [0.05, 0.1) is 6.10 Å². The van der Waals surface area contributed by atoms with E-state index in [9.17, 15) is 0 Å². The second kappa shape index (κ2) is 9.33. The maximum Gasteiger partial charge on any atom is 0.536 e. The molecule has 1 unspecified atom stereocenters. The molecule has 1 atom stereocenters. The molecule has 0 N–H and O–H groups in total. The Morgan fingerprint density at radius 2 is 1.33 bits per heavy atom. The summed E-state index contributed by atoms with van der Waals surface area (Å²) in [5, 5.41) is 0. The molecule has 0 aliphatic carbocycles. The molecule has 0 aliphatic rings. The van der Waals surface area contributed by atoms with Crippen LogP contribution in [0.3, 0.4) is 0 Å². The fourth-order valence-electron chi connectivity index (χ4n) is 2.22. The lowest BCUT2D eigenvalue weighted by Gasteiger charge is -2.36. The van der Waals surface area contributed by atoms with Crippen LogP contribution in [-0.2, 0) is 18.0 Å². The van der Waals surface area contributed by atoms with Crippen molar-refractivity contribution in [3.8, 4) is 0 Å². The Balaban J connectivity index is 3.20. The molecule has 5 heteroatoms. The first kappa shape index (κ1) is 18.3. The summed E-state index contributed by atoms with van der Waals surface area (Å²) in [6.45, 7) is 11.5. The Morgan fingerprint density at radius 3 is 1.71 bits per heavy atom. The molecule has 0 radical (unpaired) electrons. The summed E-state index contributed by atoms with van der Waals surface area (Å²) in [6, 6.07) is 10.0. The molecule has 0 saturated heterocycles. The SMILES string of the molecule is CCO[Si](OCC)(OCC)C(OC(C)C)c1ccccc1. The van der Waals surface area contributed by atoms with Crippen molar-refractivity contribution in [1.29, 1.82) is 0 Å². The maximum absolute atomic E-state index is 6.15. The van der Waals surface area contributed by atoms with E-state index in [0.717, 1.165) is 5.56 Å². The van der Waals surface area contributed by atoms with Gasteiger partial charge in [-0.05, 0) is 40.2 Å². The van der Waals surface area contributed by atoms with Gasteiger partial charge in [0.1, 0.15) is 0 Å². The first-order chi connectivity index (χ1) is 10.1. The van der Waals surface area contributed by atoms with Gasteiger partial charge in [-0.2, -0.15) is 0 Å². The molecule has 0 aliphatic heterocycles. The highest BCUT2D eigenvalue weighted by Gasteiger charge is 2.51. The van der Waals surface area contributed by atoms with E-state index >= 15 is 0 Å². The van der Waals surface area contributed by atoms with Crippen LogP contribution in [0.25, 0.3) is 0 Å². The third-order valence-electron chi connectivity index (χ3n) is 2.87. The molecule has 1 aromatic carbocycles. The van der Waals surface area contributed by atoms with E-state index in [1.54, 1.807) is 0 Å². The normalized spacial score (nSPS) is 13.6. The van der Waals surface area contributed by atoms with Gasteiger partial charge in [-0.3, -0.25) is 0 Å². The summed E-state index contributed by atoms with van der Waals surface area (Å²) >= 11 is 0. The molecular weight excluding hydrogens is 284 g/mol. The van der Waals surface area contributed by atoms with Crippen molar-refractivity contribution in [3.63, 3.8) is 0 Å². The third kappa shape index (κ3) is 5.20. The number of benzene rings is 1. The fourth-order valence-corrected chi connectivity index (χ4v) is 5.17. The lowest BCUT2D eigenvalue weighted by Crippen LogP contribution is -2.53. The van der Waals surface area contributed by atoms with E-state index in [2.05, 4.69) is 0 Å². The molecule has 0 spiro atoms. The minimum absolute atomic E-state index is 0.0587. The van der Waals surface area contributed by atoms with Gasteiger partial charge in [-0.25, -0.2) is 0 Å². The van der Waals surface area contributed by atoms with Crippen molar-refractivity contribution in [2.75, 3.05) is 19.8 Å². The molecule has 0 heterocycles.